The van der Waals surface area contributed by atoms with E-state index in [9.17, 15) is 10.1 Å². The normalized spacial score (nSPS) is 11.3. The van der Waals surface area contributed by atoms with Crippen LogP contribution < -0.4 is 15.4 Å². The second-order valence-electron chi connectivity index (χ2n) is 12.9. The van der Waals surface area contributed by atoms with Gasteiger partial charge in [0.15, 0.2) is 5.11 Å². The predicted octanol–water partition coefficient (Wildman–Crippen LogP) is 9.62. The number of nitrogens with one attached hydrogen (secondary N) is 2. The highest BCUT2D eigenvalue weighted by molar-refractivity contribution is 9.10. The number of carbonyl (C=O) groups excluding carboxylic acids is 1. The van der Waals surface area contributed by atoms with Crippen LogP contribution in [0.5, 0.6) is 5.75 Å². The van der Waals surface area contributed by atoms with Gasteiger partial charge in [-0.2, -0.15) is 5.26 Å². The number of halogens is 3. The summed E-state index contributed by atoms with van der Waals surface area (Å²) < 4.78 is 8.88. The highest BCUT2D eigenvalue weighted by Crippen LogP contribution is 2.27. The molecule has 1 aromatic heterocycles. The quantitative estimate of drug-likeness (QED) is 0.0995. The maximum absolute atomic E-state index is 13.9. The van der Waals surface area contributed by atoms with Crippen LogP contribution in [0.1, 0.15) is 33.5 Å². The van der Waals surface area contributed by atoms with Gasteiger partial charge in [0.25, 0.3) is 0 Å². The Labute approximate surface area is 344 Å². The topological polar surface area (TPSA) is 95.2 Å². The van der Waals surface area contributed by atoms with Gasteiger partial charge in [-0.05, 0) is 89.4 Å². The van der Waals surface area contributed by atoms with Crippen LogP contribution in [-0.2, 0) is 37.3 Å². The number of nitrogens with zero attached hydrogens (tertiary/aromatic N) is 4. The summed E-state index contributed by atoms with van der Waals surface area (Å²) in [5, 5.41) is 17.2. The Bertz CT molecular complexity index is 2260. The Kier molecular flexibility index (Phi) is 14.0. The van der Waals surface area contributed by atoms with Crippen LogP contribution in [0, 0.1) is 11.3 Å². The zero-order chi connectivity index (χ0) is 38.6. The first-order valence-electron chi connectivity index (χ1n) is 17.5. The van der Waals surface area contributed by atoms with Crippen LogP contribution in [0.2, 0.25) is 10.0 Å². The molecule has 0 aliphatic carbocycles. The van der Waals surface area contributed by atoms with Gasteiger partial charge < -0.3 is 24.8 Å². The van der Waals surface area contributed by atoms with Gasteiger partial charge in [0, 0.05) is 41.7 Å². The van der Waals surface area contributed by atoms with Crippen molar-refractivity contribution < 1.29 is 9.53 Å². The molecular formula is C43H37BrCl2N6O2S. The largest absolute Gasteiger partial charge is 0.489 e. The third-order valence-electron chi connectivity index (χ3n) is 8.79. The van der Waals surface area contributed by atoms with E-state index in [4.69, 9.17) is 40.2 Å². The highest BCUT2D eigenvalue weighted by Gasteiger charge is 2.22. The minimum Gasteiger partial charge on any atom is -0.489 e. The predicted molar refractivity (Wildman–Crippen MR) is 226 cm³/mol. The second kappa shape index (κ2) is 19.4. The fourth-order valence-corrected chi connectivity index (χ4v) is 7.04. The molecule has 0 aliphatic rings. The zero-order valence-corrected chi connectivity index (χ0v) is 33.6. The number of nitriles is 1. The van der Waals surface area contributed by atoms with Crippen molar-refractivity contribution in [3.8, 4) is 11.8 Å². The Balaban J connectivity index is 1.23. The van der Waals surface area contributed by atoms with Crippen LogP contribution >= 0.6 is 51.3 Å². The summed E-state index contributed by atoms with van der Waals surface area (Å²) in [7, 11) is 0. The number of carbonyl (C=O) groups is 1. The molecule has 278 valence electrons. The van der Waals surface area contributed by atoms with Crippen molar-refractivity contribution in [1.82, 2.24) is 19.8 Å². The lowest BCUT2D eigenvalue weighted by molar-refractivity contribution is -0.121. The first-order valence-corrected chi connectivity index (χ1v) is 19.5. The van der Waals surface area contributed by atoms with E-state index in [1.54, 1.807) is 30.7 Å². The van der Waals surface area contributed by atoms with E-state index >= 15 is 0 Å². The summed E-state index contributed by atoms with van der Waals surface area (Å²) in [6.45, 7) is 1.67. The molecule has 1 amide bonds. The molecule has 6 rings (SSSR count). The number of rotatable bonds is 15. The standard InChI is InChI=1S/C43H37BrCl2N6O2S/c44-35-9-5-10-36(21-35)50-43(55)51(26-34-8-4-11-40(45)42(34)46)27-37(20-30-16-18-39(19-17-30)54-28-33-6-2-1-3-7-33)49-41(53)22-38-24-48-29-52(38)25-32-14-12-31(23-47)13-15-32/h1-19,21,24,29,37H,20,22,25-28H2,(H,49,53)(H,50,55)/t37-/m0/s1. The van der Waals surface area contributed by atoms with Crippen LogP contribution in [0.25, 0.3) is 0 Å². The third-order valence-corrected chi connectivity index (χ3v) is 10.5. The van der Waals surface area contributed by atoms with E-state index in [1.165, 1.54) is 0 Å². The lowest BCUT2D eigenvalue weighted by atomic mass is 10.0. The molecule has 6 aromatic rings. The molecule has 0 fully saturated rings. The molecule has 12 heteroatoms. The Morgan fingerprint density at radius 1 is 0.927 bits per heavy atom. The molecular weight excluding hydrogens is 815 g/mol. The summed E-state index contributed by atoms with van der Waals surface area (Å²) >= 11 is 22.7. The van der Waals surface area contributed by atoms with E-state index in [-0.39, 0.29) is 18.4 Å². The molecule has 0 unspecified atom stereocenters. The monoisotopic (exact) mass is 850 g/mol. The molecule has 8 nitrogen and oxygen atoms in total. The van der Waals surface area contributed by atoms with Gasteiger partial charge in [-0.15, -0.1) is 0 Å². The zero-order valence-electron chi connectivity index (χ0n) is 29.7. The molecule has 0 saturated carbocycles. The number of imidazole rings is 1. The Morgan fingerprint density at radius 2 is 1.67 bits per heavy atom. The van der Waals surface area contributed by atoms with Crippen LogP contribution in [0.3, 0.4) is 0 Å². The fraction of sp³-hybridized carbons (Fsp3) is 0.163. The molecule has 1 heterocycles. The fourth-order valence-electron chi connectivity index (χ4n) is 6.00. The van der Waals surface area contributed by atoms with Crippen molar-refractivity contribution >= 4 is 68.1 Å². The summed E-state index contributed by atoms with van der Waals surface area (Å²) in [4.78, 5) is 20.2. The third kappa shape index (κ3) is 11.7. The highest BCUT2D eigenvalue weighted by atomic mass is 79.9. The maximum Gasteiger partial charge on any atom is 0.226 e. The Morgan fingerprint density at radius 3 is 2.42 bits per heavy atom. The molecule has 0 saturated heterocycles. The SMILES string of the molecule is N#Cc1ccc(Cn2cncc2CC(=O)N[C@@H](Cc2ccc(OCc3ccccc3)cc2)CN(Cc2cccc(Cl)c2Cl)C(=S)Nc2cccc(Br)c2)cc1. The van der Waals surface area contributed by atoms with E-state index in [0.717, 1.165) is 43.9 Å². The molecule has 0 spiro atoms. The molecule has 1 atom stereocenters. The average molecular weight is 853 g/mol. The van der Waals surface area contributed by atoms with Gasteiger partial charge >= 0.3 is 0 Å². The van der Waals surface area contributed by atoms with Crippen molar-refractivity contribution in [3.63, 3.8) is 0 Å². The number of ether oxygens (including phenoxy) is 1. The van der Waals surface area contributed by atoms with E-state index < -0.39 is 0 Å². The smallest absolute Gasteiger partial charge is 0.226 e. The number of anilines is 1. The molecule has 0 bridgehead atoms. The van der Waals surface area contributed by atoms with Crippen molar-refractivity contribution in [2.45, 2.75) is 38.6 Å². The van der Waals surface area contributed by atoms with E-state index in [1.807, 2.05) is 113 Å². The summed E-state index contributed by atoms with van der Waals surface area (Å²) in [6.07, 6.45) is 4.04. The number of benzene rings is 5. The van der Waals surface area contributed by atoms with Crippen molar-refractivity contribution in [3.05, 3.63) is 182 Å². The Hall–Kier alpha value is -5.18. The number of amides is 1. The molecule has 2 N–H and O–H groups in total. The van der Waals surface area contributed by atoms with Gasteiger partial charge in [-0.3, -0.25) is 4.79 Å². The summed E-state index contributed by atoms with van der Waals surface area (Å²) in [6, 6.07) is 40.3. The van der Waals surface area contributed by atoms with Crippen molar-refractivity contribution in [1.29, 1.82) is 5.26 Å². The van der Waals surface area contributed by atoms with Gasteiger partial charge in [-0.1, -0.05) is 112 Å². The first kappa shape index (κ1) is 39.5. The average Bonchev–Trinajstić information content (AvgIpc) is 3.62. The lowest BCUT2D eigenvalue weighted by Gasteiger charge is -2.31. The first-order chi connectivity index (χ1) is 26.7. The van der Waals surface area contributed by atoms with Crippen LogP contribution in [0.4, 0.5) is 5.69 Å². The van der Waals surface area contributed by atoms with Gasteiger partial charge in [0.1, 0.15) is 12.4 Å². The minimum absolute atomic E-state index is 0.111. The minimum atomic E-state index is -0.376. The van der Waals surface area contributed by atoms with Crippen molar-refractivity contribution in [2.24, 2.45) is 0 Å². The van der Waals surface area contributed by atoms with Gasteiger partial charge in [-0.25, -0.2) is 4.98 Å². The van der Waals surface area contributed by atoms with Crippen LogP contribution in [0.15, 0.2) is 138 Å². The van der Waals surface area contributed by atoms with Gasteiger partial charge in [0.05, 0.1) is 40.5 Å². The van der Waals surface area contributed by atoms with Crippen LogP contribution in [-0.4, -0.2) is 38.1 Å². The number of hydrogen-bond donors (Lipinski definition) is 2. The summed E-state index contributed by atoms with van der Waals surface area (Å²) in [5.74, 6) is 0.585. The van der Waals surface area contributed by atoms with E-state index in [0.29, 0.717) is 53.4 Å². The van der Waals surface area contributed by atoms with Gasteiger partial charge in [0.2, 0.25) is 5.91 Å². The van der Waals surface area contributed by atoms with E-state index in [2.05, 4.69) is 37.6 Å². The summed E-state index contributed by atoms with van der Waals surface area (Å²) in [5.41, 5.74) is 6.04. The number of aromatic nitrogens is 2. The molecule has 5 aromatic carbocycles. The molecule has 55 heavy (non-hydrogen) atoms. The lowest BCUT2D eigenvalue weighted by Crippen LogP contribution is -2.48. The molecule has 0 radical (unpaired) electrons. The van der Waals surface area contributed by atoms with Crippen molar-refractivity contribution in [2.75, 3.05) is 11.9 Å². The maximum atomic E-state index is 13.9. The number of thiocarbonyl (C=S) groups is 1. The molecule has 0 aliphatic heterocycles. The number of hydrogen-bond acceptors (Lipinski definition) is 5. The second-order valence-corrected chi connectivity index (χ2v) is 15.0.